The Morgan fingerprint density at radius 2 is 1.97 bits per heavy atom. The fraction of sp³-hybridized carbons (Fsp3) is 0.478. The third kappa shape index (κ3) is 8.87. The predicted octanol–water partition coefficient (Wildman–Crippen LogP) is 3.82. The number of benzene rings is 1. The van der Waals surface area contributed by atoms with E-state index in [9.17, 15) is 0 Å². The van der Waals surface area contributed by atoms with E-state index in [1.807, 2.05) is 36.4 Å². The Kier molecular flexibility index (Phi) is 11.5. The summed E-state index contributed by atoms with van der Waals surface area (Å²) in [5.41, 5.74) is 2.04. The maximum absolute atomic E-state index is 5.87. The highest BCUT2D eigenvalue weighted by atomic mass is 127. The van der Waals surface area contributed by atoms with Gasteiger partial charge in [0.05, 0.1) is 12.2 Å². The van der Waals surface area contributed by atoms with Crippen molar-refractivity contribution in [2.24, 2.45) is 4.99 Å². The lowest BCUT2D eigenvalue weighted by molar-refractivity contribution is 0.232. The van der Waals surface area contributed by atoms with Crippen LogP contribution < -0.4 is 15.4 Å². The van der Waals surface area contributed by atoms with Crippen molar-refractivity contribution in [1.82, 2.24) is 20.5 Å². The van der Waals surface area contributed by atoms with Gasteiger partial charge in [-0.3, -0.25) is 4.98 Å². The molecule has 1 aromatic carbocycles. The summed E-state index contributed by atoms with van der Waals surface area (Å²) in [6.45, 7) is 8.45. The van der Waals surface area contributed by atoms with Crippen molar-refractivity contribution in [3.63, 3.8) is 0 Å². The summed E-state index contributed by atoms with van der Waals surface area (Å²) in [6.07, 6.45) is 5.81. The molecule has 1 aliphatic heterocycles. The maximum Gasteiger partial charge on any atom is 0.191 e. The highest BCUT2D eigenvalue weighted by molar-refractivity contribution is 14.0. The van der Waals surface area contributed by atoms with Gasteiger partial charge in [-0.15, -0.1) is 24.0 Å². The van der Waals surface area contributed by atoms with E-state index in [0.717, 1.165) is 42.6 Å². The van der Waals surface area contributed by atoms with Crippen molar-refractivity contribution in [3.05, 3.63) is 59.9 Å². The Balaban J connectivity index is 0.00000320. The molecular weight excluding hydrogens is 489 g/mol. The van der Waals surface area contributed by atoms with Gasteiger partial charge in [0.15, 0.2) is 5.96 Å². The molecule has 0 atom stereocenters. The van der Waals surface area contributed by atoms with Crippen molar-refractivity contribution in [2.45, 2.75) is 39.3 Å². The van der Waals surface area contributed by atoms with Gasteiger partial charge in [0.25, 0.3) is 0 Å². The van der Waals surface area contributed by atoms with Crippen molar-refractivity contribution >= 4 is 29.9 Å². The number of nitrogens with zero attached hydrogens (tertiary/aromatic N) is 3. The third-order valence-corrected chi connectivity index (χ3v) is 4.94. The molecule has 0 saturated carbocycles. The van der Waals surface area contributed by atoms with E-state index in [2.05, 4.69) is 33.5 Å². The lowest BCUT2D eigenvalue weighted by atomic mass is 10.1. The van der Waals surface area contributed by atoms with Crippen LogP contribution in [-0.4, -0.2) is 48.6 Å². The van der Waals surface area contributed by atoms with E-state index in [1.54, 1.807) is 6.20 Å². The zero-order chi connectivity index (χ0) is 20.2. The van der Waals surface area contributed by atoms with E-state index >= 15 is 0 Å². The molecule has 6 nitrogen and oxygen atoms in total. The molecule has 0 unspecified atom stereocenters. The van der Waals surface area contributed by atoms with Gasteiger partial charge in [-0.2, -0.15) is 0 Å². The summed E-state index contributed by atoms with van der Waals surface area (Å²) in [5.74, 6) is 1.70. The van der Waals surface area contributed by atoms with Gasteiger partial charge in [0.2, 0.25) is 0 Å². The second kappa shape index (κ2) is 14.2. The second-order valence-electron chi connectivity index (χ2n) is 7.28. The van der Waals surface area contributed by atoms with Crippen LogP contribution in [0.4, 0.5) is 0 Å². The number of piperidine rings is 1. The number of aromatic nitrogens is 1. The van der Waals surface area contributed by atoms with Crippen LogP contribution in [0.5, 0.6) is 5.75 Å². The molecule has 2 heterocycles. The first-order valence-electron chi connectivity index (χ1n) is 10.7. The van der Waals surface area contributed by atoms with Gasteiger partial charge in [-0.1, -0.05) is 24.6 Å². The highest BCUT2D eigenvalue weighted by Gasteiger charge is 2.09. The predicted molar refractivity (Wildman–Crippen MR) is 134 cm³/mol. The first-order chi connectivity index (χ1) is 14.3. The molecule has 2 aromatic rings. The van der Waals surface area contributed by atoms with E-state index in [4.69, 9.17) is 9.73 Å². The monoisotopic (exact) mass is 523 g/mol. The van der Waals surface area contributed by atoms with E-state index in [0.29, 0.717) is 13.2 Å². The van der Waals surface area contributed by atoms with Crippen LogP contribution in [0.15, 0.2) is 53.7 Å². The molecule has 7 heteroatoms. The molecule has 3 rings (SSSR count). The standard InChI is InChI=1S/C23H33N5O.HI/c1-2-24-23(26-13-16-28-14-6-3-7-15-28)27-18-20-9-8-11-22(17-20)29-19-21-10-4-5-12-25-21;/h4-5,8-12,17H,2-3,6-7,13-16,18-19H2,1H3,(H2,24,26,27);1H. The second-order valence-corrected chi connectivity index (χ2v) is 7.28. The normalized spacial score (nSPS) is 14.6. The van der Waals surface area contributed by atoms with Crippen LogP contribution in [0.25, 0.3) is 0 Å². The zero-order valence-electron chi connectivity index (χ0n) is 17.8. The molecular formula is C23H34IN5O. The molecule has 0 aliphatic carbocycles. The molecule has 30 heavy (non-hydrogen) atoms. The summed E-state index contributed by atoms with van der Waals surface area (Å²) in [4.78, 5) is 11.6. The molecule has 1 aromatic heterocycles. The van der Waals surface area contributed by atoms with Crippen LogP contribution >= 0.6 is 24.0 Å². The number of rotatable bonds is 9. The molecule has 1 aliphatic rings. The average Bonchev–Trinajstić information content (AvgIpc) is 2.78. The zero-order valence-corrected chi connectivity index (χ0v) is 20.2. The number of guanidine groups is 1. The van der Waals surface area contributed by atoms with Crippen LogP contribution in [0.3, 0.4) is 0 Å². The Morgan fingerprint density at radius 1 is 1.10 bits per heavy atom. The van der Waals surface area contributed by atoms with Crippen molar-refractivity contribution in [3.8, 4) is 5.75 Å². The first kappa shape index (κ1) is 24.4. The average molecular weight is 523 g/mol. The minimum atomic E-state index is 0. The Labute approximate surface area is 197 Å². The fourth-order valence-corrected chi connectivity index (χ4v) is 3.40. The number of halogens is 1. The minimum Gasteiger partial charge on any atom is -0.487 e. The minimum absolute atomic E-state index is 0. The number of pyridine rings is 1. The third-order valence-electron chi connectivity index (χ3n) is 4.94. The molecule has 164 valence electrons. The lowest BCUT2D eigenvalue weighted by Gasteiger charge is -2.26. The lowest BCUT2D eigenvalue weighted by Crippen LogP contribution is -2.42. The Hall–Kier alpha value is -1.87. The molecule has 0 spiro atoms. The van der Waals surface area contributed by atoms with Gasteiger partial charge in [-0.05, 0) is 62.7 Å². The summed E-state index contributed by atoms with van der Waals surface area (Å²) in [5, 5.41) is 6.79. The number of aliphatic imine (C=N–C) groups is 1. The summed E-state index contributed by atoms with van der Waals surface area (Å²) in [6, 6.07) is 13.9. The highest BCUT2D eigenvalue weighted by Crippen LogP contribution is 2.15. The number of nitrogens with one attached hydrogen (secondary N) is 2. The summed E-state index contributed by atoms with van der Waals surface area (Å²) < 4.78 is 5.87. The number of likely N-dealkylation sites (tertiary alicyclic amines) is 1. The molecule has 0 amide bonds. The first-order valence-corrected chi connectivity index (χ1v) is 10.7. The topological polar surface area (TPSA) is 61.8 Å². The van der Waals surface area contributed by atoms with E-state index in [1.165, 1.54) is 32.4 Å². The van der Waals surface area contributed by atoms with Crippen LogP contribution in [0, 0.1) is 0 Å². The molecule has 0 bridgehead atoms. The van der Waals surface area contributed by atoms with E-state index in [-0.39, 0.29) is 24.0 Å². The van der Waals surface area contributed by atoms with Crippen LogP contribution in [0.1, 0.15) is 37.4 Å². The summed E-state index contributed by atoms with van der Waals surface area (Å²) >= 11 is 0. The molecule has 1 fully saturated rings. The van der Waals surface area contributed by atoms with Crippen LogP contribution in [-0.2, 0) is 13.2 Å². The smallest absolute Gasteiger partial charge is 0.191 e. The maximum atomic E-state index is 5.87. The Bertz CT molecular complexity index is 750. The van der Waals surface area contributed by atoms with Gasteiger partial charge >= 0.3 is 0 Å². The number of hydrogen-bond donors (Lipinski definition) is 2. The largest absolute Gasteiger partial charge is 0.487 e. The van der Waals surface area contributed by atoms with Crippen molar-refractivity contribution in [1.29, 1.82) is 0 Å². The fourth-order valence-electron chi connectivity index (χ4n) is 3.40. The quantitative estimate of drug-likeness (QED) is 0.298. The van der Waals surface area contributed by atoms with E-state index < -0.39 is 0 Å². The van der Waals surface area contributed by atoms with Gasteiger partial charge in [-0.25, -0.2) is 4.99 Å². The summed E-state index contributed by atoms with van der Waals surface area (Å²) in [7, 11) is 0. The van der Waals surface area contributed by atoms with Crippen molar-refractivity contribution < 1.29 is 4.74 Å². The number of ether oxygens (including phenoxy) is 1. The Morgan fingerprint density at radius 3 is 2.73 bits per heavy atom. The van der Waals surface area contributed by atoms with Crippen molar-refractivity contribution in [2.75, 3.05) is 32.7 Å². The molecule has 1 saturated heterocycles. The molecule has 2 N–H and O–H groups in total. The van der Waals surface area contributed by atoms with Gasteiger partial charge < -0.3 is 20.3 Å². The van der Waals surface area contributed by atoms with Crippen LogP contribution in [0.2, 0.25) is 0 Å². The van der Waals surface area contributed by atoms with Gasteiger partial charge in [0.1, 0.15) is 12.4 Å². The molecule has 0 radical (unpaired) electrons. The van der Waals surface area contributed by atoms with Gasteiger partial charge in [0, 0.05) is 25.8 Å². The number of hydrogen-bond acceptors (Lipinski definition) is 4. The SMILES string of the molecule is CCNC(=NCc1cccc(OCc2ccccn2)c1)NCCN1CCCCC1.I.